The fourth-order valence-electron chi connectivity index (χ4n) is 2.22. The van der Waals surface area contributed by atoms with Crippen molar-refractivity contribution in [1.82, 2.24) is 9.97 Å². The second kappa shape index (κ2) is 4.26. The lowest BCUT2D eigenvalue weighted by atomic mass is 10.0. The molecule has 0 unspecified atom stereocenters. The molecule has 4 heteroatoms. The molecule has 0 radical (unpaired) electrons. The van der Waals surface area contributed by atoms with E-state index in [9.17, 15) is 0 Å². The van der Waals surface area contributed by atoms with E-state index in [2.05, 4.69) is 15.3 Å². The Morgan fingerprint density at radius 1 is 1.41 bits per heavy atom. The summed E-state index contributed by atoms with van der Waals surface area (Å²) < 4.78 is 0. The average Bonchev–Trinajstić information content (AvgIpc) is 3.23. The van der Waals surface area contributed by atoms with Crippen LogP contribution in [0.2, 0.25) is 0 Å². The Labute approximate surface area is 101 Å². The molecule has 17 heavy (non-hydrogen) atoms. The first-order valence-corrected chi connectivity index (χ1v) is 6.49. The fraction of sp³-hybridized carbons (Fsp3) is 0.692. The molecule has 3 rings (SSSR count). The van der Waals surface area contributed by atoms with Gasteiger partial charge in [-0.15, -0.1) is 0 Å². The lowest BCUT2D eigenvalue weighted by Crippen LogP contribution is -2.17. The summed E-state index contributed by atoms with van der Waals surface area (Å²) in [7, 11) is 0. The van der Waals surface area contributed by atoms with E-state index in [4.69, 9.17) is 5.11 Å². The number of aliphatic hydroxyl groups excluding tert-OH is 1. The van der Waals surface area contributed by atoms with Crippen LogP contribution in [0.4, 0.5) is 5.82 Å². The van der Waals surface area contributed by atoms with Gasteiger partial charge in [-0.05, 0) is 43.6 Å². The first-order valence-electron chi connectivity index (χ1n) is 6.49. The highest BCUT2D eigenvalue weighted by molar-refractivity contribution is 5.34. The molecule has 2 N–H and O–H groups in total. The molecule has 0 atom stereocenters. The van der Waals surface area contributed by atoms with E-state index >= 15 is 0 Å². The second-order valence-corrected chi connectivity index (χ2v) is 5.40. The molecule has 2 aliphatic carbocycles. The van der Waals surface area contributed by atoms with Crippen LogP contribution in [-0.4, -0.2) is 28.2 Å². The summed E-state index contributed by atoms with van der Waals surface area (Å²) in [6, 6.07) is 1.93. The van der Waals surface area contributed by atoms with Gasteiger partial charge in [-0.25, -0.2) is 9.97 Å². The van der Waals surface area contributed by atoms with E-state index < -0.39 is 0 Å². The van der Waals surface area contributed by atoms with Gasteiger partial charge in [0.2, 0.25) is 0 Å². The van der Waals surface area contributed by atoms with E-state index in [0.717, 1.165) is 24.6 Å². The first kappa shape index (κ1) is 11.0. The van der Waals surface area contributed by atoms with Crippen molar-refractivity contribution in [3.8, 4) is 0 Å². The Morgan fingerprint density at radius 3 is 2.88 bits per heavy atom. The van der Waals surface area contributed by atoms with Gasteiger partial charge in [-0.3, -0.25) is 0 Å². The molecule has 1 aromatic rings. The Bertz CT molecular complexity index is 399. The van der Waals surface area contributed by atoms with Crippen LogP contribution in [0.1, 0.15) is 43.8 Å². The van der Waals surface area contributed by atoms with Crippen LogP contribution in [0.5, 0.6) is 0 Å². The van der Waals surface area contributed by atoms with Gasteiger partial charge >= 0.3 is 0 Å². The number of hydrogen-bond donors (Lipinski definition) is 2. The van der Waals surface area contributed by atoms with Crippen LogP contribution >= 0.6 is 0 Å². The zero-order valence-corrected chi connectivity index (χ0v) is 10.0. The zero-order chi connectivity index (χ0) is 11.7. The van der Waals surface area contributed by atoms with Gasteiger partial charge in [0.05, 0.1) is 0 Å². The molecule has 2 aliphatic rings. The molecule has 2 fully saturated rings. The number of nitrogens with one attached hydrogen (secondary N) is 1. The van der Waals surface area contributed by atoms with Crippen LogP contribution in [0, 0.1) is 5.41 Å². The quantitative estimate of drug-likeness (QED) is 0.788. The number of nitrogens with zero attached hydrogens (tertiary/aromatic N) is 2. The Kier molecular flexibility index (Phi) is 2.74. The lowest BCUT2D eigenvalue weighted by Gasteiger charge is -2.15. The Balaban J connectivity index is 1.59. The molecule has 0 aliphatic heterocycles. The molecular weight excluding hydrogens is 214 g/mol. The van der Waals surface area contributed by atoms with Crippen molar-refractivity contribution >= 4 is 5.82 Å². The van der Waals surface area contributed by atoms with Crippen LogP contribution in [0.25, 0.3) is 0 Å². The van der Waals surface area contributed by atoms with Crippen LogP contribution in [0.15, 0.2) is 12.3 Å². The topological polar surface area (TPSA) is 58.0 Å². The van der Waals surface area contributed by atoms with Crippen LogP contribution in [0.3, 0.4) is 0 Å². The summed E-state index contributed by atoms with van der Waals surface area (Å²) in [6.07, 6.45) is 7.66. The number of anilines is 1. The average molecular weight is 233 g/mol. The smallest absolute Gasteiger partial charge is 0.133 e. The Hall–Kier alpha value is -1.16. The molecule has 0 amide bonds. The molecule has 0 saturated heterocycles. The van der Waals surface area contributed by atoms with E-state index in [1.807, 2.05) is 12.3 Å². The molecular formula is C13H19N3O. The largest absolute Gasteiger partial charge is 0.396 e. The highest BCUT2D eigenvalue weighted by Crippen LogP contribution is 2.48. The monoisotopic (exact) mass is 233 g/mol. The van der Waals surface area contributed by atoms with Crippen molar-refractivity contribution in [3.63, 3.8) is 0 Å². The van der Waals surface area contributed by atoms with Crippen molar-refractivity contribution in [1.29, 1.82) is 0 Å². The van der Waals surface area contributed by atoms with Crippen LogP contribution in [-0.2, 0) is 0 Å². The predicted octanol–water partition coefficient (Wildman–Crippen LogP) is 1.93. The number of hydrogen-bond acceptors (Lipinski definition) is 4. The number of aliphatic hydroxyl groups is 1. The fourth-order valence-corrected chi connectivity index (χ4v) is 2.22. The molecule has 2 saturated carbocycles. The first-order chi connectivity index (χ1) is 8.31. The van der Waals surface area contributed by atoms with Crippen molar-refractivity contribution in [2.24, 2.45) is 5.41 Å². The summed E-state index contributed by atoms with van der Waals surface area (Å²) in [5.74, 6) is 2.53. The van der Waals surface area contributed by atoms with E-state index in [-0.39, 0.29) is 0 Å². The number of aromatic nitrogens is 2. The van der Waals surface area contributed by atoms with Gasteiger partial charge in [-0.1, -0.05) is 0 Å². The standard InChI is InChI=1S/C13H19N3O/c17-8-6-13(4-5-13)9-15-11-3-7-14-12(16-11)10-1-2-10/h3,7,10,17H,1-2,4-6,8-9H2,(H,14,15,16). The summed E-state index contributed by atoms with van der Waals surface area (Å²) in [6.45, 7) is 1.22. The van der Waals surface area contributed by atoms with Crippen molar-refractivity contribution in [2.45, 2.75) is 38.0 Å². The normalized spacial score (nSPS) is 21.2. The van der Waals surface area contributed by atoms with Crippen LogP contribution < -0.4 is 5.32 Å². The van der Waals surface area contributed by atoms with Gasteiger partial charge in [0.1, 0.15) is 11.6 Å². The molecule has 1 aromatic heterocycles. The molecule has 0 spiro atoms. The zero-order valence-electron chi connectivity index (χ0n) is 10.0. The highest BCUT2D eigenvalue weighted by atomic mass is 16.3. The molecule has 92 valence electrons. The van der Waals surface area contributed by atoms with Crippen molar-refractivity contribution in [3.05, 3.63) is 18.1 Å². The van der Waals surface area contributed by atoms with E-state index in [1.165, 1.54) is 25.7 Å². The molecule has 0 bridgehead atoms. The Morgan fingerprint density at radius 2 is 2.24 bits per heavy atom. The summed E-state index contributed by atoms with van der Waals surface area (Å²) in [4.78, 5) is 8.85. The van der Waals surface area contributed by atoms with E-state index in [0.29, 0.717) is 17.9 Å². The summed E-state index contributed by atoms with van der Waals surface area (Å²) in [5, 5.41) is 12.4. The molecule has 0 aromatic carbocycles. The minimum atomic E-state index is 0.290. The maximum Gasteiger partial charge on any atom is 0.133 e. The third kappa shape index (κ3) is 2.57. The van der Waals surface area contributed by atoms with Gasteiger partial charge in [-0.2, -0.15) is 0 Å². The van der Waals surface area contributed by atoms with Gasteiger partial charge in [0, 0.05) is 25.3 Å². The third-order valence-corrected chi connectivity index (χ3v) is 3.86. The van der Waals surface area contributed by atoms with E-state index in [1.54, 1.807) is 0 Å². The lowest BCUT2D eigenvalue weighted by molar-refractivity contribution is 0.253. The van der Waals surface area contributed by atoms with Gasteiger partial charge < -0.3 is 10.4 Å². The summed E-state index contributed by atoms with van der Waals surface area (Å²) >= 11 is 0. The van der Waals surface area contributed by atoms with Crippen molar-refractivity contribution < 1.29 is 5.11 Å². The summed E-state index contributed by atoms with van der Waals surface area (Å²) in [5.41, 5.74) is 0.333. The third-order valence-electron chi connectivity index (χ3n) is 3.86. The molecule has 1 heterocycles. The minimum absolute atomic E-state index is 0.290. The van der Waals surface area contributed by atoms with Gasteiger partial charge in [0.25, 0.3) is 0 Å². The SMILES string of the molecule is OCCC1(CNc2ccnc(C3CC3)n2)CC1. The molecule has 4 nitrogen and oxygen atoms in total. The number of rotatable bonds is 6. The predicted molar refractivity (Wildman–Crippen MR) is 65.9 cm³/mol. The maximum atomic E-state index is 9.01. The maximum absolute atomic E-state index is 9.01. The van der Waals surface area contributed by atoms with Crippen molar-refractivity contribution in [2.75, 3.05) is 18.5 Å². The minimum Gasteiger partial charge on any atom is -0.396 e. The highest BCUT2D eigenvalue weighted by Gasteiger charge is 2.41. The second-order valence-electron chi connectivity index (χ2n) is 5.40. The van der Waals surface area contributed by atoms with Gasteiger partial charge in [0.15, 0.2) is 0 Å².